The Kier molecular flexibility index (Phi) is 21.2. The van der Waals surface area contributed by atoms with Crippen LogP contribution in [0.25, 0.3) is 0 Å². The van der Waals surface area contributed by atoms with Gasteiger partial charge < -0.3 is 0 Å². The van der Waals surface area contributed by atoms with Crippen LogP contribution >= 0.6 is 0 Å². The molecular weight excluding hydrogens is 468 g/mol. The molecule has 1 saturated carbocycles. The maximum Gasteiger partial charge on any atom is -0.00645 e. The third-order valence-electron chi connectivity index (χ3n) is 7.66. The van der Waals surface area contributed by atoms with Gasteiger partial charge in [-0.3, -0.25) is 0 Å². The van der Waals surface area contributed by atoms with Gasteiger partial charge in [-0.15, -0.1) is 6.58 Å². The molecule has 224 valence electrons. The minimum atomic E-state index is 0.402. The average Bonchev–Trinajstić information content (AvgIpc) is 2.89. The molecule has 0 radical (unpaired) electrons. The summed E-state index contributed by atoms with van der Waals surface area (Å²) >= 11 is 0. The van der Waals surface area contributed by atoms with Crippen LogP contribution in [0.15, 0.2) is 66.3 Å². The zero-order valence-corrected chi connectivity index (χ0v) is 28.8. The second-order valence-electron chi connectivity index (χ2n) is 13.0. The standard InChI is InChI=1S/C15H22.C9H14.C9H18.C4H8.C2H6/c1-6-12(4)10-15-13(5)8-7-9-14(15)11(2)3;1-8-4-6-9(2,3)7-5-8;1-3-9(2)7-5-4-6-8-9;1-4(2)3;1-2/h7-9,11H,4,6,10H2,1-3,5H3;4-6H,7H2,1-3H3;3-8H2,1-2H3;1H2,2-3H3;1-2H3. The van der Waals surface area contributed by atoms with Gasteiger partial charge in [0.2, 0.25) is 0 Å². The molecule has 0 nitrogen and oxygen atoms in total. The summed E-state index contributed by atoms with van der Waals surface area (Å²) in [5.74, 6) is 0.601. The average molecular weight is 537 g/mol. The van der Waals surface area contributed by atoms with Gasteiger partial charge in [-0.2, -0.15) is 0 Å². The van der Waals surface area contributed by atoms with E-state index in [0.717, 1.165) is 18.3 Å². The van der Waals surface area contributed by atoms with E-state index >= 15 is 0 Å². The molecule has 2 aliphatic rings. The van der Waals surface area contributed by atoms with Crippen molar-refractivity contribution in [3.05, 3.63) is 83.0 Å². The number of aryl methyl sites for hydroxylation is 1. The largest absolute Gasteiger partial charge is 0.100 e. The van der Waals surface area contributed by atoms with Gasteiger partial charge in [0.05, 0.1) is 0 Å². The van der Waals surface area contributed by atoms with Crippen molar-refractivity contribution in [3.63, 3.8) is 0 Å². The fourth-order valence-electron chi connectivity index (χ4n) is 4.56. The Labute approximate surface area is 247 Å². The molecule has 0 amide bonds. The second-order valence-corrected chi connectivity index (χ2v) is 13.0. The third-order valence-corrected chi connectivity index (χ3v) is 7.66. The van der Waals surface area contributed by atoms with Crippen molar-refractivity contribution < 1.29 is 0 Å². The highest BCUT2D eigenvalue weighted by molar-refractivity contribution is 5.38. The van der Waals surface area contributed by atoms with E-state index in [-0.39, 0.29) is 0 Å². The molecule has 0 saturated heterocycles. The summed E-state index contributed by atoms with van der Waals surface area (Å²) < 4.78 is 0. The molecule has 3 rings (SSSR count). The van der Waals surface area contributed by atoms with Crippen LogP contribution in [0.5, 0.6) is 0 Å². The van der Waals surface area contributed by atoms with Gasteiger partial charge in [0, 0.05) is 0 Å². The summed E-state index contributed by atoms with van der Waals surface area (Å²) in [5.41, 5.74) is 9.37. The normalized spacial score (nSPS) is 16.4. The van der Waals surface area contributed by atoms with Gasteiger partial charge in [-0.05, 0) is 93.2 Å². The summed E-state index contributed by atoms with van der Waals surface area (Å²) in [6.07, 6.45) is 18.8. The SMILES string of the molecule is C=C(C)C.C=C(CC)Cc1c(C)cccc1C(C)C.CC.CC1=CCC(C)(C)C=C1.CCC1(C)CCCCC1. The highest BCUT2D eigenvalue weighted by Gasteiger charge is 2.23. The van der Waals surface area contributed by atoms with Crippen LogP contribution in [-0.4, -0.2) is 0 Å². The highest BCUT2D eigenvalue weighted by atomic mass is 14.3. The van der Waals surface area contributed by atoms with E-state index in [1.807, 2.05) is 27.7 Å². The molecule has 0 heteroatoms. The van der Waals surface area contributed by atoms with Gasteiger partial charge in [-0.25, -0.2) is 0 Å². The Bertz CT molecular complexity index is 861. The Hall–Kier alpha value is -1.82. The van der Waals surface area contributed by atoms with Crippen molar-refractivity contribution in [2.45, 2.75) is 154 Å². The molecule has 0 N–H and O–H groups in total. The van der Waals surface area contributed by atoms with Crippen molar-refractivity contribution in [1.82, 2.24) is 0 Å². The van der Waals surface area contributed by atoms with Crippen molar-refractivity contribution in [2.24, 2.45) is 10.8 Å². The minimum Gasteiger partial charge on any atom is -0.100 e. The Morgan fingerprint density at radius 2 is 1.46 bits per heavy atom. The Morgan fingerprint density at radius 3 is 1.82 bits per heavy atom. The molecule has 0 spiro atoms. The van der Waals surface area contributed by atoms with Crippen molar-refractivity contribution in [1.29, 1.82) is 0 Å². The predicted molar refractivity (Wildman–Crippen MR) is 183 cm³/mol. The second kappa shape index (κ2) is 21.0. The Balaban J connectivity index is 0. The van der Waals surface area contributed by atoms with E-state index in [2.05, 4.69) is 112 Å². The smallest absolute Gasteiger partial charge is 0.00645 e. The summed E-state index contributed by atoms with van der Waals surface area (Å²) in [7, 11) is 0. The predicted octanol–water partition coefficient (Wildman–Crippen LogP) is 13.5. The molecule has 39 heavy (non-hydrogen) atoms. The van der Waals surface area contributed by atoms with E-state index in [0.29, 0.717) is 11.3 Å². The van der Waals surface area contributed by atoms with Crippen LogP contribution < -0.4 is 0 Å². The lowest BCUT2D eigenvalue weighted by Crippen LogP contribution is -2.18. The van der Waals surface area contributed by atoms with Crippen LogP contribution in [-0.2, 0) is 6.42 Å². The minimum absolute atomic E-state index is 0.402. The molecule has 1 aromatic rings. The topological polar surface area (TPSA) is 0 Å². The van der Waals surface area contributed by atoms with Crippen LogP contribution in [0.3, 0.4) is 0 Å². The fourth-order valence-corrected chi connectivity index (χ4v) is 4.56. The van der Waals surface area contributed by atoms with Crippen LogP contribution in [0.4, 0.5) is 0 Å². The summed E-state index contributed by atoms with van der Waals surface area (Å²) in [4.78, 5) is 0. The number of rotatable bonds is 5. The van der Waals surface area contributed by atoms with E-state index in [4.69, 9.17) is 0 Å². The first-order valence-corrected chi connectivity index (χ1v) is 15.9. The molecular formula is C39H68. The lowest BCUT2D eigenvalue weighted by molar-refractivity contribution is 0.208. The molecule has 0 aromatic heterocycles. The quantitative estimate of drug-likeness (QED) is 0.328. The third kappa shape index (κ3) is 19.0. The number of allylic oxidation sites excluding steroid dienone is 6. The van der Waals surface area contributed by atoms with Gasteiger partial charge in [0.25, 0.3) is 0 Å². The van der Waals surface area contributed by atoms with Gasteiger partial charge in [0.1, 0.15) is 0 Å². The van der Waals surface area contributed by atoms with Gasteiger partial charge in [-0.1, -0.05) is 148 Å². The first-order chi connectivity index (χ1) is 18.2. The fraction of sp³-hybridized carbons (Fsp3) is 0.641. The maximum absolute atomic E-state index is 4.11. The molecule has 0 atom stereocenters. The maximum atomic E-state index is 4.11. The van der Waals surface area contributed by atoms with Crippen molar-refractivity contribution >= 4 is 0 Å². The monoisotopic (exact) mass is 537 g/mol. The van der Waals surface area contributed by atoms with Crippen LogP contribution in [0.1, 0.15) is 157 Å². The van der Waals surface area contributed by atoms with Crippen LogP contribution in [0.2, 0.25) is 0 Å². The van der Waals surface area contributed by atoms with E-state index in [1.54, 1.807) is 0 Å². The van der Waals surface area contributed by atoms with E-state index < -0.39 is 0 Å². The summed E-state index contributed by atoms with van der Waals surface area (Å²) in [6, 6.07) is 6.60. The number of hydrogen-bond acceptors (Lipinski definition) is 0. The van der Waals surface area contributed by atoms with Gasteiger partial charge in [0.15, 0.2) is 0 Å². The first-order valence-electron chi connectivity index (χ1n) is 15.9. The molecule has 0 heterocycles. The van der Waals surface area contributed by atoms with Crippen molar-refractivity contribution in [2.75, 3.05) is 0 Å². The molecule has 1 fully saturated rings. The first kappa shape index (κ1) is 39.3. The molecule has 0 bridgehead atoms. The molecule has 0 aliphatic heterocycles. The highest BCUT2D eigenvalue weighted by Crippen LogP contribution is 2.38. The van der Waals surface area contributed by atoms with Crippen LogP contribution in [0, 0.1) is 17.8 Å². The van der Waals surface area contributed by atoms with E-state index in [1.165, 1.54) is 78.4 Å². The Morgan fingerprint density at radius 1 is 0.923 bits per heavy atom. The van der Waals surface area contributed by atoms with E-state index in [9.17, 15) is 0 Å². The zero-order chi connectivity index (χ0) is 30.6. The molecule has 1 aromatic carbocycles. The lowest BCUT2D eigenvalue weighted by Gasteiger charge is -2.32. The number of benzene rings is 1. The van der Waals surface area contributed by atoms with Crippen molar-refractivity contribution in [3.8, 4) is 0 Å². The van der Waals surface area contributed by atoms with Gasteiger partial charge >= 0.3 is 0 Å². The lowest BCUT2D eigenvalue weighted by atomic mass is 9.74. The summed E-state index contributed by atoms with van der Waals surface area (Å²) in [5, 5.41) is 0. The molecule has 2 aliphatic carbocycles. The summed E-state index contributed by atoms with van der Waals surface area (Å²) in [6.45, 7) is 35.9. The number of hydrogen-bond donors (Lipinski definition) is 0. The molecule has 0 unspecified atom stereocenters. The zero-order valence-electron chi connectivity index (χ0n) is 28.8.